The predicted molar refractivity (Wildman–Crippen MR) is 526 cm³/mol. The third-order valence-electron chi connectivity index (χ3n) is 24.2. The first kappa shape index (κ1) is 100. The second kappa shape index (κ2) is 45.7. The fourth-order valence-electron chi connectivity index (χ4n) is 17.0. The van der Waals surface area contributed by atoms with E-state index >= 15 is 0 Å². The summed E-state index contributed by atoms with van der Waals surface area (Å²) in [6.45, 7) is 23.8. The van der Waals surface area contributed by atoms with Crippen LogP contribution in [0.2, 0.25) is 0 Å². The van der Waals surface area contributed by atoms with E-state index < -0.39 is 5.41 Å². The number of aliphatic imine (C=N–C) groups is 3. The zero-order valence-corrected chi connectivity index (χ0v) is 85.3. The molecule has 2 unspecified atom stereocenters. The minimum Gasteiger partial charge on any atom is -0.657 e. The van der Waals surface area contributed by atoms with Crippen LogP contribution in [0.3, 0.4) is 0 Å². The number of aromatic hydroxyl groups is 4. The van der Waals surface area contributed by atoms with Crippen molar-refractivity contribution in [3.8, 4) is 68.0 Å². The Morgan fingerprint density at radius 3 is 1.15 bits per heavy atom. The maximum Gasteiger partial charge on any atom is 2.00 e. The van der Waals surface area contributed by atoms with Crippen LogP contribution in [0.15, 0.2) is 341 Å². The maximum atomic E-state index is 10.3. The van der Waals surface area contributed by atoms with Gasteiger partial charge in [0.05, 0.1) is 79.7 Å². The molecule has 0 radical (unpaired) electrons. The number of rotatable bonds is 20. The molecule has 9 aromatic heterocycles. The van der Waals surface area contributed by atoms with Crippen LogP contribution in [-0.4, -0.2) is 72.4 Å². The molecule has 4 N–H and O–H groups in total. The minimum atomic E-state index is -0.471. The van der Waals surface area contributed by atoms with Gasteiger partial charge in [0.15, 0.2) is 0 Å². The topological polar surface area (TPSA) is 240 Å². The number of hydrogen-bond donors (Lipinski definition) is 4. The quantitative estimate of drug-likeness (QED) is 0.0555. The first-order chi connectivity index (χ1) is 63.2. The number of aromatic nitrogens is 9. The standard InChI is InChI=1S/C31H36N4.C29H24N4.C28H21N3O2.C25H22N2O2.4Pt/c1-8-23-24(9-2)30(34-28(23)16-22-14-12-13-15-32-22)18-31-26(11-4)25(10-3)29(35-31)17-27-20(6)19(5)21(7)33-27;1-18-22-11-3-5-13-24(22)32-28(18)26-15-7-9-20(30-26)17-21-10-8-16-27(31-21)29-19(2)23-12-4-6-14-25(23)33-29;32-25-16-6-4-12-21(25)23-14-8-18-27(29-23)31(20-10-2-1-3-11-20)28-19-9-15-24(30-28)22-13-5-7-17-26(22)33;1-25(2,23-15-7-11-19(26-23)17-9-3-5-13-21(17)28)24-16-8-12-20(27-24)18-10-4-6-14-22(18)29;;;;/h12-18H,8-11H2,1-7H3;3-16,18-19H,17H2,1-2H3;1-19,32-33H;3-16,28-29H,1-2H3;;;;/q-2;;;;;;;+2. The molecule has 3 aliphatic rings. The van der Waals surface area contributed by atoms with Crippen molar-refractivity contribution in [3.05, 3.63) is 422 Å². The van der Waals surface area contributed by atoms with Gasteiger partial charge in [0.1, 0.15) is 34.6 Å². The summed E-state index contributed by atoms with van der Waals surface area (Å²) in [7, 11) is 0. The van der Waals surface area contributed by atoms with E-state index in [-0.39, 0.29) is 119 Å². The number of anilines is 3. The Bertz CT molecular complexity index is 6880. The second-order valence-corrected chi connectivity index (χ2v) is 32.8. The van der Waals surface area contributed by atoms with Crippen molar-refractivity contribution in [1.29, 1.82) is 0 Å². The van der Waals surface area contributed by atoms with Gasteiger partial charge in [0, 0.05) is 138 Å². The monoisotopic (exact) mass is 2490 g/mol. The van der Waals surface area contributed by atoms with Gasteiger partial charge >= 0.3 is 21.1 Å². The molecule has 21 heteroatoms. The number of fused-ring (bicyclic) bond motifs is 2. The summed E-state index contributed by atoms with van der Waals surface area (Å²) in [5, 5.41) is 43.1. The zero-order chi connectivity index (χ0) is 90.5. The van der Waals surface area contributed by atoms with Crippen molar-refractivity contribution in [2.75, 3.05) is 4.90 Å². The Morgan fingerprint density at radius 1 is 0.358 bits per heavy atom. The SMILES string of the molecule is CC(C)(c1cccc(-c2ccccc2O)n1)c1cccc(-c2ccccc2O)n1.CC1C(c2cccc(Cc3cccc(C4=Nc5ccccc5C4C)n3)n2)=Nc2ccccc21.CCc1c(C=C2N=C(C)C(C)=C2C)[n-]c(C=c2[n-]c(=Cc3ccccn3)c(CC)c2CC)c1CC.Oc1ccccc1-c1cccc(N(c2ccccc2)c2cccc(-c3ccccc3O)n2)n1.[Pt+2].[Pt].[Pt].[Pt]. The van der Waals surface area contributed by atoms with E-state index in [1.54, 1.807) is 48.5 Å². The van der Waals surface area contributed by atoms with Crippen LogP contribution in [0.4, 0.5) is 28.7 Å². The van der Waals surface area contributed by atoms with Crippen LogP contribution in [0.25, 0.3) is 63.3 Å². The van der Waals surface area contributed by atoms with Crippen molar-refractivity contribution in [2.24, 2.45) is 15.0 Å². The van der Waals surface area contributed by atoms with Crippen LogP contribution in [-0.2, 0) is 122 Å². The van der Waals surface area contributed by atoms with Crippen molar-refractivity contribution in [3.63, 3.8) is 0 Å². The van der Waals surface area contributed by atoms with Gasteiger partial charge in [-0.3, -0.25) is 44.8 Å². The van der Waals surface area contributed by atoms with Crippen LogP contribution in [0.1, 0.15) is 173 Å². The first-order valence-corrected chi connectivity index (χ1v) is 44.3. The van der Waals surface area contributed by atoms with Gasteiger partial charge in [-0.2, -0.15) is 0 Å². The Balaban J connectivity index is 0.000000160. The van der Waals surface area contributed by atoms with Gasteiger partial charge in [0.25, 0.3) is 0 Å². The van der Waals surface area contributed by atoms with Crippen molar-refractivity contribution in [2.45, 2.75) is 126 Å². The molecule has 16 aromatic rings. The molecular formula is C113H103N13O4Pt4. The Morgan fingerprint density at radius 2 is 0.739 bits per heavy atom. The van der Waals surface area contributed by atoms with Gasteiger partial charge < -0.3 is 30.4 Å². The van der Waals surface area contributed by atoms with E-state index in [0.29, 0.717) is 63.1 Å². The van der Waals surface area contributed by atoms with Gasteiger partial charge in [-0.25, -0.2) is 9.97 Å². The van der Waals surface area contributed by atoms with Crippen molar-refractivity contribution >= 4 is 64.1 Å². The first-order valence-electron chi connectivity index (χ1n) is 44.3. The third kappa shape index (κ3) is 22.3. The summed E-state index contributed by atoms with van der Waals surface area (Å²) >= 11 is 0. The molecule has 0 amide bonds. The van der Waals surface area contributed by atoms with Gasteiger partial charge in [0.2, 0.25) is 0 Å². The largest absolute Gasteiger partial charge is 2.00 e. The molecule has 12 heterocycles. The molecule has 0 spiro atoms. The summed E-state index contributed by atoms with van der Waals surface area (Å²) in [5.41, 5.74) is 31.0. The van der Waals surface area contributed by atoms with Crippen molar-refractivity contribution in [1.82, 2.24) is 44.9 Å². The van der Waals surface area contributed by atoms with E-state index in [0.717, 1.165) is 128 Å². The molecule has 0 fully saturated rings. The molecule has 684 valence electrons. The molecule has 2 atom stereocenters. The van der Waals surface area contributed by atoms with Crippen LogP contribution in [0, 0.1) is 0 Å². The fourth-order valence-corrected chi connectivity index (χ4v) is 17.0. The Labute approximate surface area is 841 Å². The maximum absolute atomic E-state index is 10.3. The number of phenols is 4. The number of nitrogens with zero attached hydrogens (tertiary/aromatic N) is 13. The van der Waals surface area contributed by atoms with E-state index in [1.807, 2.05) is 193 Å². The van der Waals surface area contributed by atoms with E-state index in [1.165, 1.54) is 44.5 Å². The van der Waals surface area contributed by atoms with Gasteiger partial charge in [-0.1, -0.05) is 228 Å². The average Bonchev–Trinajstić information content (AvgIpc) is 1.58. The summed E-state index contributed by atoms with van der Waals surface area (Å²) in [6.07, 6.45) is 12.7. The summed E-state index contributed by atoms with van der Waals surface area (Å²) in [4.78, 5) is 60.4. The smallest absolute Gasteiger partial charge is 0.657 e. The number of pyridine rings is 7. The minimum absolute atomic E-state index is 0. The molecular weight excluding hydrogens is 2380 g/mol. The summed E-state index contributed by atoms with van der Waals surface area (Å²) < 4.78 is 0. The number of allylic oxidation sites excluding steroid dienone is 2. The Hall–Kier alpha value is -12.9. The average molecular weight is 2490 g/mol. The van der Waals surface area contributed by atoms with Crippen molar-refractivity contribution < 1.29 is 105 Å². The number of hydrogen-bond acceptors (Lipinski definition) is 15. The van der Waals surface area contributed by atoms with Crippen LogP contribution < -0.4 is 25.6 Å². The number of phenolic OH excluding ortho intramolecular Hbond substituents is 4. The summed E-state index contributed by atoms with van der Waals surface area (Å²) in [6, 6.07) is 96.5. The molecule has 17 nitrogen and oxygen atoms in total. The molecule has 19 rings (SSSR count). The number of benzene rings is 7. The van der Waals surface area contributed by atoms with E-state index in [9.17, 15) is 20.4 Å². The zero-order valence-electron chi connectivity index (χ0n) is 76.2. The van der Waals surface area contributed by atoms with E-state index in [2.05, 4.69) is 172 Å². The van der Waals surface area contributed by atoms with Crippen LogP contribution >= 0.6 is 0 Å². The van der Waals surface area contributed by atoms with E-state index in [4.69, 9.17) is 54.8 Å². The van der Waals surface area contributed by atoms with Gasteiger partial charge in [-0.15, -0.1) is 22.1 Å². The number of para-hydroxylation sites is 7. The fraction of sp³-hybridized carbons (Fsp3) is 0.168. The molecule has 0 saturated heterocycles. The van der Waals surface area contributed by atoms with Crippen LogP contribution in [0.5, 0.6) is 23.0 Å². The molecule has 0 saturated carbocycles. The molecule has 0 bridgehead atoms. The normalized spacial score (nSPS) is 13.9. The third-order valence-corrected chi connectivity index (χ3v) is 24.2. The Kier molecular flexibility index (Phi) is 34.2. The molecule has 7 aromatic carbocycles. The predicted octanol–water partition coefficient (Wildman–Crippen LogP) is 23.8. The molecule has 3 aliphatic heterocycles. The summed E-state index contributed by atoms with van der Waals surface area (Å²) in [5.74, 6) is 2.56. The molecule has 134 heavy (non-hydrogen) atoms. The second-order valence-electron chi connectivity index (χ2n) is 32.8. The van der Waals surface area contributed by atoms with Gasteiger partial charge in [-0.05, 0) is 240 Å². The molecule has 0 aliphatic carbocycles.